The fourth-order valence-corrected chi connectivity index (χ4v) is 12.7. The largest absolute Gasteiger partial charge is 0.456 e. The van der Waals surface area contributed by atoms with Gasteiger partial charge in [0.05, 0.1) is 11.0 Å². The molecule has 0 amide bonds. The smallest absolute Gasteiger partial charge is 0.164 e. The Labute approximate surface area is 396 Å². The van der Waals surface area contributed by atoms with E-state index in [4.69, 9.17) is 19.4 Å². The summed E-state index contributed by atoms with van der Waals surface area (Å²) in [6.45, 7) is 0. The third kappa shape index (κ3) is 5.76. The Hall–Kier alpha value is -8.49. The Balaban J connectivity index is 0.991. The van der Waals surface area contributed by atoms with Gasteiger partial charge in [0.25, 0.3) is 0 Å². The maximum atomic E-state index is 6.54. The molecule has 0 atom stereocenters. The summed E-state index contributed by atoms with van der Waals surface area (Å²) in [6.07, 6.45) is 0. The van der Waals surface area contributed by atoms with Crippen molar-refractivity contribution in [1.82, 2.24) is 19.5 Å². The molecule has 0 aliphatic rings. The summed E-state index contributed by atoms with van der Waals surface area (Å²) in [5, 5.41) is 12.0. The van der Waals surface area contributed by atoms with E-state index in [2.05, 4.69) is 199 Å². The van der Waals surface area contributed by atoms with Crippen LogP contribution in [0.15, 0.2) is 211 Å². The van der Waals surface area contributed by atoms with Gasteiger partial charge in [0.2, 0.25) is 0 Å². The van der Waals surface area contributed by atoms with Crippen LogP contribution in [0.25, 0.3) is 146 Å². The third-order valence-electron chi connectivity index (χ3n) is 13.6. The molecule has 5 nitrogen and oxygen atoms in total. The van der Waals surface area contributed by atoms with E-state index >= 15 is 0 Å². The highest BCUT2D eigenvalue weighted by Gasteiger charge is 2.21. The number of thiophene rings is 2. The summed E-state index contributed by atoms with van der Waals surface area (Å²) >= 11 is 3.60. The molecule has 5 aromatic heterocycles. The molecule has 68 heavy (non-hydrogen) atoms. The third-order valence-corrected chi connectivity index (χ3v) is 15.9. The highest BCUT2D eigenvalue weighted by atomic mass is 32.1. The zero-order valence-electron chi connectivity index (χ0n) is 36.1. The Morgan fingerprint density at radius 3 is 1.59 bits per heavy atom. The highest BCUT2D eigenvalue weighted by Crippen LogP contribution is 2.43. The zero-order chi connectivity index (χ0) is 44.5. The second kappa shape index (κ2) is 14.5. The first-order valence-corrected chi connectivity index (χ1v) is 24.4. The maximum absolute atomic E-state index is 6.54. The van der Waals surface area contributed by atoms with Crippen LogP contribution in [0.5, 0.6) is 0 Å². The van der Waals surface area contributed by atoms with Crippen molar-refractivity contribution in [2.45, 2.75) is 0 Å². The van der Waals surface area contributed by atoms with Gasteiger partial charge in [0, 0.05) is 84.3 Å². The van der Waals surface area contributed by atoms with Crippen LogP contribution in [0.1, 0.15) is 0 Å². The van der Waals surface area contributed by atoms with Crippen LogP contribution in [-0.4, -0.2) is 19.5 Å². The molecule has 0 saturated carbocycles. The van der Waals surface area contributed by atoms with Crippen molar-refractivity contribution in [1.29, 1.82) is 0 Å². The number of furan rings is 1. The summed E-state index contributed by atoms with van der Waals surface area (Å²) in [4.78, 5) is 16.2. The molecule has 15 aromatic rings. The van der Waals surface area contributed by atoms with Crippen LogP contribution >= 0.6 is 22.7 Å². The van der Waals surface area contributed by atoms with Gasteiger partial charge in [-0.05, 0) is 101 Å². The van der Waals surface area contributed by atoms with Gasteiger partial charge >= 0.3 is 0 Å². The number of benzene rings is 10. The fourth-order valence-electron chi connectivity index (χ4n) is 10.4. The first-order chi connectivity index (χ1) is 33.6. The van der Waals surface area contributed by atoms with Crippen LogP contribution in [0.2, 0.25) is 0 Å². The summed E-state index contributed by atoms with van der Waals surface area (Å²) in [7, 11) is 0. The Bertz CT molecular complexity index is 4460. The van der Waals surface area contributed by atoms with Gasteiger partial charge < -0.3 is 8.98 Å². The van der Waals surface area contributed by atoms with E-state index in [0.29, 0.717) is 17.5 Å². The lowest BCUT2D eigenvalue weighted by Crippen LogP contribution is -2.02. The van der Waals surface area contributed by atoms with E-state index in [1.54, 1.807) is 22.7 Å². The molecule has 7 heteroatoms. The van der Waals surface area contributed by atoms with Crippen LogP contribution in [0.3, 0.4) is 0 Å². The van der Waals surface area contributed by atoms with E-state index in [1.165, 1.54) is 61.9 Å². The summed E-state index contributed by atoms with van der Waals surface area (Å²) in [6, 6.07) is 73.9. The van der Waals surface area contributed by atoms with Crippen LogP contribution in [0.4, 0.5) is 0 Å². The summed E-state index contributed by atoms with van der Waals surface area (Å²) in [5.74, 6) is 1.84. The topological polar surface area (TPSA) is 56.7 Å². The average Bonchev–Trinajstić information content (AvgIpc) is 4.16. The lowest BCUT2D eigenvalue weighted by molar-refractivity contribution is 0.669. The van der Waals surface area contributed by atoms with Crippen molar-refractivity contribution >= 4 is 118 Å². The maximum Gasteiger partial charge on any atom is 0.164 e. The van der Waals surface area contributed by atoms with E-state index in [-0.39, 0.29) is 0 Å². The molecule has 15 rings (SSSR count). The lowest BCUT2D eigenvalue weighted by Gasteiger charge is -2.16. The van der Waals surface area contributed by atoms with Gasteiger partial charge in [0.1, 0.15) is 11.2 Å². The number of rotatable bonds is 5. The number of hydrogen-bond acceptors (Lipinski definition) is 6. The van der Waals surface area contributed by atoms with Crippen LogP contribution in [0, 0.1) is 0 Å². The van der Waals surface area contributed by atoms with E-state index in [0.717, 1.165) is 66.5 Å². The fraction of sp³-hybridized carbons (Fsp3) is 0. The van der Waals surface area contributed by atoms with Crippen LogP contribution < -0.4 is 0 Å². The molecule has 0 N–H and O–H groups in total. The molecule has 0 aliphatic carbocycles. The predicted molar refractivity (Wildman–Crippen MR) is 286 cm³/mol. The van der Waals surface area contributed by atoms with Crippen molar-refractivity contribution in [3.05, 3.63) is 206 Å². The first kappa shape index (κ1) is 37.7. The second-order valence-corrected chi connectivity index (χ2v) is 19.7. The summed E-state index contributed by atoms with van der Waals surface area (Å²) in [5.41, 5.74) is 9.78. The zero-order valence-corrected chi connectivity index (χ0v) is 37.8. The Morgan fingerprint density at radius 1 is 0.324 bits per heavy atom. The normalized spacial score (nSPS) is 12.1. The highest BCUT2D eigenvalue weighted by molar-refractivity contribution is 7.26. The molecule has 316 valence electrons. The van der Waals surface area contributed by atoms with Gasteiger partial charge in [-0.2, -0.15) is 0 Å². The van der Waals surface area contributed by atoms with E-state index in [9.17, 15) is 0 Å². The molecule has 0 aliphatic heterocycles. The number of aromatic nitrogens is 4. The van der Waals surface area contributed by atoms with E-state index < -0.39 is 0 Å². The average molecular weight is 903 g/mol. The van der Waals surface area contributed by atoms with Crippen molar-refractivity contribution in [3.8, 4) is 51.0 Å². The van der Waals surface area contributed by atoms with Crippen molar-refractivity contribution in [2.24, 2.45) is 0 Å². The minimum absolute atomic E-state index is 0.595. The standard InChI is InChI=1S/C61H34N4OS2/c1-2-12-36-30-52-50(29-35(36)11-1)41-13-3-7-17-51(41)65(52)40-24-28-48(49(34-40)37-21-25-43-42-14-4-8-18-53(42)66-54(43)31-37)61-63-59(38-22-26-46-44-15-5-9-19-55(44)67-57(46)32-38)62-60(64-61)39-23-27-47-45-16-6-10-20-56(45)68-58(47)33-39/h1-34H. The van der Waals surface area contributed by atoms with Crippen molar-refractivity contribution in [2.75, 3.05) is 0 Å². The van der Waals surface area contributed by atoms with Crippen LogP contribution in [-0.2, 0) is 0 Å². The van der Waals surface area contributed by atoms with Crippen molar-refractivity contribution in [3.63, 3.8) is 0 Å². The molecule has 0 fully saturated rings. The Kier molecular flexibility index (Phi) is 8.04. The molecular weight excluding hydrogens is 869 g/mol. The Morgan fingerprint density at radius 2 is 0.868 bits per heavy atom. The summed E-state index contributed by atoms with van der Waals surface area (Å²) < 4.78 is 13.9. The predicted octanol–water partition coefficient (Wildman–Crippen LogP) is 17.4. The minimum Gasteiger partial charge on any atom is -0.456 e. The van der Waals surface area contributed by atoms with Gasteiger partial charge in [-0.3, -0.25) is 0 Å². The number of fused-ring (bicyclic) bond motifs is 13. The van der Waals surface area contributed by atoms with E-state index in [1.807, 2.05) is 12.1 Å². The minimum atomic E-state index is 0.595. The quantitative estimate of drug-likeness (QED) is 0.173. The molecule has 5 heterocycles. The molecule has 0 bridgehead atoms. The molecule has 0 saturated heterocycles. The van der Waals surface area contributed by atoms with Gasteiger partial charge in [-0.1, -0.05) is 127 Å². The second-order valence-electron chi connectivity index (χ2n) is 17.5. The monoisotopic (exact) mass is 902 g/mol. The number of hydrogen-bond donors (Lipinski definition) is 0. The molecule has 10 aromatic carbocycles. The van der Waals surface area contributed by atoms with Gasteiger partial charge in [0.15, 0.2) is 17.5 Å². The number of para-hydroxylation sites is 2. The first-order valence-electron chi connectivity index (χ1n) is 22.7. The molecule has 0 spiro atoms. The molecule has 0 unspecified atom stereocenters. The SMILES string of the molecule is c1ccc2cc3c(cc2c1)c1ccccc1n3-c1ccc(-c2nc(-c3ccc4c(c3)sc3ccccc34)nc(-c3ccc4c(c3)sc3ccccc34)n2)c(-c2ccc3c(c2)oc2ccccc23)c1. The lowest BCUT2D eigenvalue weighted by atomic mass is 9.97. The number of nitrogens with zero attached hydrogens (tertiary/aromatic N) is 4. The van der Waals surface area contributed by atoms with Crippen molar-refractivity contribution < 1.29 is 4.42 Å². The van der Waals surface area contributed by atoms with Gasteiger partial charge in [-0.15, -0.1) is 22.7 Å². The molecule has 0 radical (unpaired) electrons. The molecular formula is C61H34N4OS2. The van der Waals surface area contributed by atoms with Gasteiger partial charge in [-0.25, -0.2) is 15.0 Å².